The lowest BCUT2D eigenvalue weighted by Gasteiger charge is -2.12. The second-order valence-electron chi connectivity index (χ2n) is 5.33. The van der Waals surface area contributed by atoms with Gasteiger partial charge in [0.1, 0.15) is 0 Å². The zero-order valence-corrected chi connectivity index (χ0v) is 13.6. The van der Waals surface area contributed by atoms with E-state index >= 15 is 0 Å². The highest BCUT2D eigenvalue weighted by Gasteiger charge is 2.18. The molecule has 0 fully saturated rings. The Bertz CT molecular complexity index is 882. The maximum absolute atomic E-state index is 12.8. The third kappa shape index (κ3) is 3.29. The minimum absolute atomic E-state index is 0.292. The molecule has 2 aromatic carbocycles. The van der Waals surface area contributed by atoms with Gasteiger partial charge in [-0.2, -0.15) is 0 Å². The standard InChI is InChI=1S/C18H18N2O2S/c1-15-9-11-18(12-10-15)23(21,22)20-13-5-8-17(20)14-19-16-6-3-2-4-7-16/h2-13,19H,14H2,1H3. The van der Waals surface area contributed by atoms with Crippen molar-refractivity contribution in [3.8, 4) is 0 Å². The summed E-state index contributed by atoms with van der Waals surface area (Å²) in [5.74, 6) is 0. The molecule has 0 aliphatic rings. The van der Waals surface area contributed by atoms with Crippen molar-refractivity contribution in [2.24, 2.45) is 0 Å². The molecule has 118 valence electrons. The molecule has 0 saturated carbocycles. The van der Waals surface area contributed by atoms with Crippen LogP contribution in [0.4, 0.5) is 5.69 Å². The van der Waals surface area contributed by atoms with Gasteiger partial charge in [-0.1, -0.05) is 35.9 Å². The molecule has 3 aromatic rings. The van der Waals surface area contributed by atoms with Gasteiger partial charge in [0.25, 0.3) is 10.0 Å². The fourth-order valence-electron chi connectivity index (χ4n) is 2.35. The number of para-hydroxylation sites is 1. The quantitative estimate of drug-likeness (QED) is 0.779. The summed E-state index contributed by atoms with van der Waals surface area (Å²) in [5.41, 5.74) is 2.67. The number of hydrogen-bond donors (Lipinski definition) is 1. The van der Waals surface area contributed by atoms with Crippen LogP contribution in [0.2, 0.25) is 0 Å². The Balaban J connectivity index is 1.86. The first-order valence-electron chi connectivity index (χ1n) is 7.35. The molecule has 0 aliphatic heterocycles. The molecule has 0 atom stereocenters. The number of rotatable bonds is 5. The maximum Gasteiger partial charge on any atom is 0.267 e. The number of aryl methyl sites for hydroxylation is 1. The highest BCUT2D eigenvalue weighted by Crippen LogP contribution is 2.18. The van der Waals surface area contributed by atoms with Crippen molar-refractivity contribution in [2.45, 2.75) is 18.4 Å². The predicted octanol–water partition coefficient (Wildman–Crippen LogP) is 3.65. The summed E-state index contributed by atoms with van der Waals surface area (Å²) in [6.45, 7) is 2.36. The van der Waals surface area contributed by atoms with Gasteiger partial charge in [0, 0.05) is 11.9 Å². The Morgan fingerprint density at radius 1 is 0.913 bits per heavy atom. The van der Waals surface area contributed by atoms with Gasteiger partial charge in [0.15, 0.2) is 0 Å². The third-order valence-corrected chi connectivity index (χ3v) is 5.36. The summed E-state index contributed by atoms with van der Waals surface area (Å²) >= 11 is 0. The minimum Gasteiger partial charge on any atom is -0.379 e. The van der Waals surface area contributed by atoms with Gasteiger partial charge in [-0.3, -0.25) is 0 Å². The lowest BCUT2D eigenvalue weighted by Crippen LogP contribution is -2.16. The number of aromatic nitrogens is 1. The molecule has 0 unspecified atom stereocenters. The fraction of sp³-hybridized carbons (Fsp3) is 0.111. The van der Waals surface area contributed by atoms with Crippen molar-refractivity contribution >= 4 is 15.7 Å². The van der Waals surface area contributed by atoms with E-state index in [9.17, 15) is 8.42 Å². The van der Waals surface area contributed by atoms with Gasteiger partial charge < -0.3 is 5.32 Å². The first-order chi connectivity index (χ1) is 11.1. The van der Waals surface area contributed by atoms with Crippen LogP contribution in [0.15, 0.2) is 77.8 Å². The smallest absolute Gasteiger partial charge is 0.267 e. The normalized spacial score (nSPS) is 11.3. The van der Waals surface area contributed by atoms with E-state index in [0.717, 1.165) is 11.3 Å². The van der Waals surface area contributed by atoms with E-state index in [0.29, 0.717) is 17.1 Å². The van der Waals surface area contributed by atoms with E-state index in [4.69, 9.17) is 0 Å². The molecule has 3 rings (SSSR count). The van der Waals surface area contributed by atoms with Crippen molar-refractivity contribution in [3.05, 3.63) is 84.2 Å². The average molecular weight is 326 g/mol. The van der Waals surface area contributed by atoms with Crippen LogP contribution in [0.3, 0.4) is 0 Å². The molecule has 0 aliphatic carbocycles. The lowest BCUT2D eigenvalue weighted by molar-refractivity contribution is 0.585. The van der Waals surface area contributed by atoms with Crippen molar-refractivity contribution in [1.82, 2.24) is 3.97 Å². The molecule has 0 radical (unpaired) electrons. The van der Waals surface area contributed by atoms with Gasteiger partial charge in [0.2, 0.25) is 0 Å². The Morgan fingerprint density at radius 3 is 2.30 bits per heavy atom. The van der Waals surface area contributed by atoms with Gasteiger partial charge in [0.05, 0.1) is 17.1 Å². The van der Waals surface area contributed by atoms with Crippen LogP contribution in [0.5, 0.6) is 0 Å². The fourth-order valence-corrected chi connectivity index (χ4v) is 3.72. The topological polar surface area (TPSA) is 51.1 Å². The van der Waals surface area contributed by atoms with Crippen LogP contribution in [0.25, 0.3) is 0 Å². The van der Waals surface area contributed by atoms with Crippen LogP contribution >= 0.6 is 0 Å². The molecular weight excluding hydrogens is 308 g/mol. The van der Waals surface area contributed by atoms with Crippen molar-refractivity contribution < 1.29 is 8.42 Å². The van der Waals surface area contributed by atoms with E-state index in [2.05, 4.69) is 5.32 Å². The molecule has 0 bridgehead atoms. The SMILES string of the molecule is Cc1ccc(S(=O)(=O)n2cccc2CNc2ccccc2)cc1. The Hall–Kier alpha value is -2.53. The van der Waals surface area contributed by atoms with Crippen molar-refractivity contribution in [3.63, 3.8) is 0 Å². The van der Waals surface area contributed by atoms with Crippen molar-refractivity contribution in [2.75, 3.05) is 5.32 Å². The van der Waals surface area contributed by atoms with Gasteiger partial charge >= 0.3 is 0 Å². The summed E-state index contributed by atoms with van der Waals surface area (Å²) in [6.07, 6.45) is 1.58. The minimum atomic E-state index is -3.57. The predicted molar refractivity (Wildman–Crippen MR) is 92.0 cm³/mol. The monoisotopic (exact) mass is 326 g/mol. The zero-order valence-electron chi connectivity index (χ0n) is 12.8. The van der Waals surface area contributed by atoms with Crippen LogP contribution in [-0.2, 0) is 16.6 Å². The highest BCUT2D eigenvalue weighted by molar-refractivity contribution is 7.90. The summed E-state index contributed by atoms with van der Waals surface area (Å²) < 4.78 is 26.9. The molecule has 0 amide bonds. The third-order valence-electron chi connectivity index (χ3n) is 3.62. The van der Waals surface area contributed by atoms with E-state index < -0.39 is 10.0 Å². The van der Waals surface area contributed by atoms with E-state index in [-0.39, 0.29) is 0 Å². The molecule has 4 nitrogen and oxygen atoms in total. The van der Waals surface area contributed by atoms with Crippen LogP contribution < -0.4 is 5.32 Å². The molecular formula is C18H18N2O2S. The molecule has 0 saturated heterocycles. The van der Waals surface area contributed by atoms with E-state index in [1.807, 2.05) is 43.3 Å². The summed E-state index contributed by atoms with van der Waals surface area (Å²) in [4.78, 5) is 0.292. The first-order valence-corrected chi connectivity index (χ1v) is 8.79. The summed E-state index contributed by atoms with van der Waals surface area (Å²) in [5, 5.41) is 3.23. The molecule has 1 aromatic heterocycles. The zero-order chi connectivity index (χ0) is 16.3. The Kier molecular flexibility index (Phi) is 4.21. The van der Waals surface area contributed by atoms with Gasteiger partial charge in [-0.25, -0.2) is 12.4 Å². The number of nitrogens with zero attached hydrogens (tertiary/aromatic N) is 1. The van der Waals surface area contributed by atoms with Crippen LogP contribution in [-0.4, -0.2) is 12.4 Å². The highest BCUT2D eigenvalue weighted by atomic mass is 32.2. The number of anilines is 1. The maximum atomic E-state index is 12.8. The van der Waals surface area contributed by atoms with Gasteiger partial charge in [-0.05, 0) is 43.3 Å². The molecule has 1 N–H and O–H groups in total. The van der Waals surface area contributed by atoms with Gasteiger partial charge in [-0.15, -0.1) is 0 Å². The summed E-state index contributed by atoms with van der Waals surface area (Å²) in [6, 6.07) is 20.1. The number of nitrogens with one attached hydrogen (secondary N) is 1. The largest absolute Gasteiger partial charge is 0.379 e. The Morgan fingerprint density at radius 2 is 1.61 bits per heavy atom. The molecule has 5 heteroatoms. The van der Waals surface area contributed by atoms with Crippen molar-refractivity contribution in [1.29, 1.82) is 0 Å². The van der Waals surface area contributed by atoms with Crippen LogP contribution in [0.1, 0.15) is 11.3 Å². The molecule has 23 heavy (non-hydrogen) atoms. The second-order valence-corrected chi connectivity index (χ2v) is 7.15. The molecule has 0 spiro atoms. The lowest BCUT2D eigenvalue weighted by atomic mass is 10.2. The second kappa shape index (κ2) is 6.30. The van der Waals surface area contributed by atoms with Crippen LogP contribution in [0, 0.1) is 6.92 Å². The summed E-state index contributed by atoms with van der Waals surface area (Å²) in [7, 11) is -3.57. The average Bonchev–Trinajstić information content (AvgIpc) is 3.04. The number of hydrogen-bond acceptors (Lipinski definition) is 3. The Labute approximate surface area is 136 Å². The first kappa shape index (κ1) is 15.4. The number of benzene rings is 2. The van der Waals surface area contributed by atoms with E-state index in [1.165, 1.54) is 3.97 Å². The van der Waals surface area contributed by atoms with E-state index in [1.54, 1.807) is 36.5 Å². The molecule has 1 heterocycles.